The van der Waals surface area contributed by atoms with E-state index in [-0.39, 0.29) is 11.7 Å². The highest BCUT2D eigenvalue weighted by Gasteiger charge is 2.21. The molecule has 0 spiro atoms. The Morgan fingerprint density at radius 1 is 1.17 bits per heavy atom. The molecule has 4 aromatic rings. The molecule has 0 saturated heterocycles. The molecule has 4 rings (SSSR count). The van der Waals surface area contributed by atoms with Gasteiger partial charge in [0.15, 0.2) is 5.13 Å². The lowest BCUT2D eigenvalue weighted by Crippen LogP contribution is -2.31. The molecule has 0 atom stereocenters. The molecule has 0 fully saturated rings. The number of fused-ring (bicyclic) bond motifs is 1. The normalized spacial score (nSPS) is 10.9. The quantitative estimate of drug-likeness (QED) is 0.335. The second kappa shape index (κ2) is 9.47. The van der Waals surface area contributed by atoms with Crippen LogP contribution in [0.3, 0.4) is 0 Å². The van der Waals surface area contributed by atoms with Gasteiger partial charge in [0.1, 0.15) is 11.3 Å². The first-order chi connectivity index (χ1) is 14.6. The third-order valence-corrected chi connectivity index (χ3v) is 6.72. The molecule has 0 aliphatic rings. The Balaban J connectivity index is 1.58. The van der Waals surface area contributed by atoms with Gasteiger partial charge >= 0.3 is 0 Å². The number of halogens is 1. The molecule has 0 radical (unpaired) electrons. The molecule has 152 valence electrons. The highest BCUT2D eigenvalue weighted by Crippen LogP contribution is 2.34. The van der Waals surface area contributed by atoms with Crippen molar-refractivity contribution in [2.45, 2.75) is 11.4 Å². The fourth-order valence-electron chi connectivity index (χ4n) is 2.85. The Labute approximate surface area is 187 Å². The maximum atomic E-state index is 13.2. The number of carbonyl (C=O) groups excluding carboxylic acids is 1. The van der Waals surface area contributed by atoms with E-state index in [2.05, 4.69) is 9.97 Å². The number of carbonyl (C=O) groups is 1. The van der Waals surface area contributed by atoms with Crippen molar-refractivity contribution in [1.29, 1.82) is 0 Å². The average molecular weight is 456 g/mol. The number of para-hydroxylation sites is 1. The Kier molecular flexibility index (Phi) is 6.52. The number of methoxy groups -OCH3 is 1. The first kappa shape index (κ1) is 20.7. The van der Waals surface area contributed by atoms with Gasteiger partial charge in [0.05, 0.1) is 29.1 Å². The lowest BCUT2D eigenvalue weighted by molar-refractivity contribution is -0.116. The molecule has 0 bridgehead atoms. The number of thiazole rings is 1. The third-order valence-electron chi connectivity index (χ3n) is 4.38. The van der Waals surface area contributed by atoms with E-state index in [1.54, 1.807) is 30.5 Å². The summed E-state index contributed by atoms with van der Waals surface area (Å²) in [7, 11) is 1.63. The van der Waals surface area contributed by atoms with Gasteiger partial charge in [-0.25, -0.2) is 4.98 Å². The molecular weight excluding hydrogens is 438 g/mol. The zero-order valence-corrected chi connectivity index (χ0v) is 18.5. The van der Waals surface area contributed by atoms with Gasteiger partial charge in [-0.1, -0.05) is 35.1 Å². The number of aromatic nitrogens is 2. The molecule has 0 saturated carbocycles. The standard InChI is InChI=1S/C22H18ClN3O2S2/c1-28-16-7-9-17(10-8-16)29-14-20(27)26(13-15-4-3-11-24-12-15)22-25-21-18(23)5-2-6-19(21)30-22/h2-12H,13-14H2,1H3. The number of pyridine rings is 1. The van der Waals surface area contributed by atoms with Gasteiger partial charge in [0, 0.05) is 17.3 Å². The first-order valence-electron chi connectivity index (χ1n) is 9.15. The summed E-state index contributed by atoms with van der Waals surface area (Å²) >= 11 is 9.23. The number of hydrogen-bond donors (Lipinski definition) is 0. The first-order valence-corrected chi connectivity index (χ1v) is 11.3. The Hall–Kier alpha value is -2.61. The topological polar surface area (TPSA) is 55.3 Å². The van der Waals surface area contributed by atoms with E-state index in [0.29, 0.717) is 22.2 Å². The lowest BCUT2D eigenvalue weighted by atomic mass is 10.2. The molecule has 2 heterocycles. The summed E-state index contributed by atoms with van der Waals surface area (Å²) in [6, 6.07) is 17.1. The molecule has 0 unspecified atom stereocenters. The van der Waals surface area contributed by atoms with Crippen LogP contribution in [0, 0.1) is 0 Å². The molecule has 0 N–H and O–H groups in total. The maximum absolute atomic E-state index is 13.2. The number of anilines is 1. The van der Waals surface area contributed by atoms with Gasteiger partial charge in [-0.15, -0.1) is 11.8 Å². The maximum Gasteiger partial charge on any atom is 0.239 e. The predicted molar refractivity (Wildman–Crippen MR) is 124 cm³/mol. The van der Waals surface area contributed by atoms with E-state index < -0.39 is 0 Å². The van der Waals surface area contributed by atoms with Crippen LogP contribution in [0.15, 0.2) is 71.9 Å². The second-order valence-electron chi connectivity index (χ2n) is 6.39. The van der Waals surface area contributed by atoms with Crippen LogP contribution in [0.25, 0.3) is 10.2 Å². The van der Waals surface area contributed by atoms with Crippen LogP contribution in [0.4, 0.5) is 5.13 Å². The average Bonchev–Trinajstić information content (AvgIpc) is 3.22. The van der Waals surface area contributed by atoms with Crippen LogP contribution in [0.1, 0.15) is 5.56 Å². The molecule has 5 nitrogen and oxygen atoms in total. The van der Waals surface area contributed by atoms with Gasteiger partial charge < -0.3 is 4.74 Å². The number of thioether (sulfide) groups is 1. The molecule has 0 aliphatic carbocycles. The number of benzene rings is 2. The molecule has 8 heteroatoms. The van der Waals surface area contributed by atoms with Gasteiger partial charge in [-0.05, 0) is 48.0 Å². The van der Waals surface area contributed by atoms with Gasteiger partial charge in [-0.3, -0.25) is 14.7 Å². The lowest BCUT2D eigenvalue weighted by Gasteiger charge is -2.19. The van der Waals surface area contributed by atoms with Gasteiger partial charge in [0.2, 0.25) is 5.91 Å². The van der Waals surface area contributed by atoms with Crippen LogP contribution in [0.2, 0.25) is 5.02 Å². The molecule has 30 heavy (non-hydrogen) atoms. The molecule has 1 amide bonds. The third kappa shape index (κ3) is 4.75. The predicted octanol–water partition coefficient (Wildman–Crippen LogP) is 5.68. The van der Waals surface area contributed by atoms with Crippen LogP contribution in [-0.2, 0) is 11.3 Å². The Bertz CT molecular complexity index is 1150. The number of hydrogen-bond acceptors (Lipinski definition) is 6. The summed E-state index contributed by atoms with van der Waals surface area (Å²) < 4.78 is 6.14. The SMILES string of the molecule is COc1ccc(SCC(=O)N(Cc2cccnc2)c2nc3c(Cl)cccc3s2)cc1. The van der Waals surface area contributed by atoms with E-state index >= 15 is 0 Å². The van der Waals surface area contributed by atoms with Crippen LogP contribution < -0.4 is 9.64 Å². The summed E-state index contributed by atoms with van der Waals surface area (Å²) in [6.45, 7) is 0.396. The molecular formula is C22H18ClN3O2S2. The second-order valence-corrected chi connectivity index (χ2v) is 8.85. The van der Waals surface area contributed by atoms with Crippen molar-refractivity contribution in [2.24, 2.45) is 0 Å². The summed E-state index contributed by atoms with van der Waals surface area (Å²) in [6.07, 6.45) is 3.48. The van der Waals surface area contributed by atoms with Crippen molar-refractivity contribution in [2.75, 3.05) is 17.8 Å². The zero-order valence-electron chi connectivity index (χ0n) is 16.1. The highest BCUT2D eigenvalue weighted by molar-refractivity contribution is 8.00. The summed E-state index contributed by atoms with van der Waals surface area (Å²) in [4.78, 5) is 24.7. The highest BCUT2D eigenvalue weighted by atomic mass is 35.5. The fraction of sp³-hybridized carbons (Fsp3) is 0.136. The Morgan fingerprint density at radius 3 is 2.70 bits per heavy atom. The minimum Gasteiger partial charge on any atom is -0.497 e. The van der Waals surface area contributed by atoms with Crippen LogP contribution in [-0.4, -0.2) is 28.7 Å². The van der Waals surface area contributed by atoms with Gasteiger partial charge in [0.25, 0.3) is 0 Å². The summed E-state index contributed by atoms with van der Waals surface area (Å²) in [5, 5.41) is 1.21. The Morgan fingerprint density at radius 2 is 2.00 bits per heavy atom. The van der Waals surface area contributed by atoms with Crippen molar-refractivity contribution in [3.63, 3.8) is 0 Å². The minimum atomic E-state index is -0.0325. The van der Waals surface area contributed by atoms with E-state index in [1.807, 2.05) is 48.5 Å². The minimum absolute atomic E-state index is 0.0325. The van der Waals surface area contributed by atoms with Crippen molar-refractivity contribution in [3.05, 3.63) is 77.6 Å². The smallest absolute Gasteiger partial charge is 0.239 e. The van der Waals surface area contributed by atoms with Crippen molar-refractivity contribution < 1.29 is 9.53 Å². The number of ether oxygens (including phenoxy) is 1. The van der Waals surface area contributed by atoms with Crippen molar-refractivity contribution >= 4 is 56.0 Å². The molecule has 2 aromatic heterocycles. The van der Waals surface area contributed by atoms with Gasteiger partial charge in [-0.2, -0.15) is 0 Å². The van der Waals surface area contributed by atoms with Crippen LogP contribution in [0.5, 0.6) is 5.75 Å². The number of rotatable bonds is 7. The zero-order chi connectivity index (χ0) is 20.9. The summed E-state index contributed by atoms with van der Waals surface area (Å²) in [5.74, 6) is 1.04. The fourth-order valence-corrected chi connectivity index (χ4v) is 4.91. The van der Waals surface area contributed by atoms with E-state index in [9.17, 15) is 4.79 Å². The largest absolute Gasteiger partial charge is 0.497 e. The van der Waals surface area contributed by atoms with E-state index in [1.165, 1.54) is 23.1 Å². The molecule has 2 aromatic carbocycles. The van der Waals surface area contributed by atoms with Crippen molar-refractivity contribution in [1.82, 2.24) is 9.97 Å². The monoisotopic (exact) mass is 455 g/mol. The van der Waals surface area contributed by atoms with E-state index in [4.69, 9.17) is 16.3 Å². The number of nitrogens with zero attached hydrogens (tertiary/aromatic N) is 3. The van der Waals surface area contributed by atoms with Crippen molar-refractivity contribution in [3.8, 4) is 5.75 Å². The molecule has 0 aliphatic heterocycles. The van der Waals surface area contributed by atoms with Crippen LogP contribution >= 0.6 is 34.7 Å². The van der Waals surface area contributed by atoms with E-state index in [0.717, 1.165) is 20.9 Å². The summed E-state index contributed by atoms with van der Waals surface area (Å²) in [5.41, 5.74) is 1.65. The number of amides is 1.